The van der Waals surface area contributed by atoms with Crippen LogP contribution in [0.15, 0.2) is 24.3 Å². The molecule has 0 spiro atoms. The summed E-state index contributed by atoms with van der Waals surface area (Å²) in [4.78, 5) is 11.5. The number of rotatable bonds is 5. The Bertz CT molecular complexity index is 412. The quantitative estimate of drug-likeness (QED) is 0.760. The van der Waals surface area contributed by atoms with E-state index in [0.29, 0.717) is 24.4 Å². The van der Waals surface area contributed by atoms with Crippen LogP contribution in [0.3, 0.4) is 0 Å². The van der Waals surface area contributed by atoms with Crippen molar-refractivity contribution in [1.29, 1.82) is 5.26 Å². The Morgan fingerprint density at radius 2 is 2.24 bits per heavy atom. The number of benzene rings is 1. The van der Waals surface area contributed by atoms with Crippen molar-refractivity contribution in [1.82, 2.24) is 5.32 Å². The highest BCUT2D eigenvalue weighted by Crippen LogP contribution is 2.12. The van der Waals surface area contributed by atoms with Gasteiger partial charge in [-0.15, -0.1) is 0 Å². The lowest BCUT2D eigenvalue weighted by Crippen LogP contribution is -2.30. The van der Waals surface area contributed by atoms with Crippen molar-refractivity contribution in [3.05, 3.63) is 29.8 Å². The van der Waals surface area contributed by atoms with Crippen LogP contribution in [0.25, 0.3) is 0 Å². The number of para-hydroxylation sites is 1. The van der Waals surface area contributed by atoms with Crippen LogP contribution in [-0.2, 0) is 4.74 Å². The topological polar surface area (TPSA) is 74.2 Å². The van der Waals surface area contributed by atoms with E-state index in [0.717, 1.165) is 6.42 Å². The molecule has 5 nitrogen and oxygen atoms in total. The van der Waals surface area contributed by atoms with E-state index < -0.39 is 0 Å². The second-order valence-corrected chi connectivity index (χ2v) is 3.38. The van der Waals surface area contributed by atoms with Gasteiger partial charge in [0.05, 0.1) is 11.3 Å². The van der Waals surface area contributed by atoms with Crippen molar-refractivity contribution in [3.63, 3.8) is 0 Å². The highest BCUT2D eigenvalue weighted by atomic mass is 16.5. The van der Waals surface area contributed by atoms with Gasteiger partial charge in [0.25, 0.3) is 0 Å². The van der Waals surface area contributed by atoms with Crippen LogP contribution in [0.2, 0.25) is 0 Å². The molecule has 5 heteroatoms. The lowest BCUT2D eigenvalue weighted by molar-refractivity contribution is 0.194. The SMILES string of the molecule is COCCCNC(=O)Nc1ccccc1C#N. The second-order valence-electron chi connectivity index (χ2n) is 3.38. The summed E-state index contributed by atoms with van der Waals surface area (Å²) in [6.45, 7) is 1.14. The lowest BCUT2D eigenvalue weighted by Gasteiger charge is -2.08. The van der Waals surface area contributed by atoms with Crippen molar-refractivity contribution in [2.75, 3.05) is 25.6 Å². The molecule has 0 aromatic heterocycles. The van der Waals surface area contributed by atoms with E-state index in [2.05, 4.69) is 10.6 Å². The number of nitrogens with one attached hydrogen (secondary N) is 2. The Morgan fingerprint density at radius 1 is 1.47 bits per heavy atom. The summed E-state index contributed by atoms with van der Waals surface area (Å²) in [5, 5.41) is 14.1. The van der Waals surface area contributed by atoms with Gasteiger partial charge in [0.2, 0.25) is 0 Å². The van der Waals surface area contributed by atoms with Gasteiger partial charge in [-0.1, -0.05) is 12.1 Å². The van der Waals surface area contributed by atoms with E-state index in [4.69, 9.17) is 10.00 Å². The van der Waals surface area contributed by atoms with Crippen molar-refractivity contribution >= 4 is 11.7 Å². The fraction of sp³-hybridized carbons (Fsp3) is 0.333. The number of ether oxygens (including phenoxy) is 1. The van der Waals surface area contributed by atoms with E-state index >= 15 is 0 Å². The number of methoxy groups -OCH3 is 1. The molecule has 0 unspecified atom stereocenters. The highest BCUT2D eigenvalue weighted by molar-refractivity contribution is 5.90. The van der Waals surface area contributed by atoms with Gasteiger partial charge < -0.3 is 15.4 Å². The summed E-state index contributed by atoms with van der Waals surface area (Å²) in [6, 6.07) is 8.56. The Balaban J connectivity index is 2.43. The summed E-state index contributed by atoms with van der Waals surface area (Å²) in [5.41, 5.74) is 0.957. The average molecular weight is 233 g/mol. The summed E-state index contributed by atoms with van der Waals surface area (Å²) in [7, 11) is 1.61. The molecule has 0 fully saturated rings. The van der Waals surface area contributed by atoms with E-state index in [9.17, 15) is 4.79 Å². The summed E-state index contributed by atoms with van der Waals surface area (Å²) >= 11 is 0. The normalized spacial score (nSPS) is 9.41. The molecule has 0 saturated carbocycles. The van der Waals surface area contributed by atoms with Crippen LogP contribution < -0.4 is 10.6 Å². The van der Waals surface area contributed by atoms with Gasteiger partial charge in [-0.2, -0.15) is 5.26 Å². The monoisotopic (exact) mass is 233 g/mol. The minimum absolute atomic E-state index is 0.316. The fourth-order valence-corrected chi connectivity index (χ4v) is 1.27. The molecular formula is C12H15N3O2. The number of hydrogen-bond acceptors (Lipinski definition) is 3. The van der Waals surface area contributed by atoms with Crippen LogP contribution in [0.4, 0.5) is 10.5 Å². The number of urea groups is 1. The van der Waals surface area contributed by atoms with Gasteiger partial charge in [0, 0.05) is 20.3 Å². The maximum atomic E-state index is 11.5. The molecule has 0 bridgehead atoms. The first-order valence-corrected chi connectivity index (χ1v) is 5.31. The smallest absolute Gasteiger partial charge is 0.319 e. The number of carbonyl (C=O) groups is 1. The van der Waals surface area contributed by atoms with Crippen LogP contribution in [0.5, 0.6) is 0 Å². The van der Waals surface area contributed by atoms with Crippen LogP contribution in [0.1, 0.15) is 12.0 Å². The standard InChI is InChI=1S/C12H15N3O2/c1-17-8-4-7-14-12(16)15-11-6-3-2-5-10(11)9-13/h2-3,5-6H,4,7-8H2,1H3,(H2,14,15,16). The number of carbonyl (C=O) groups excluding carboxylic acids is 1. The molecular weight excluding hydrogens is 218 g/mol. The van der Waals surface area contributed by atoms with Gasteiger partial charge in [-0.3, -0.25) is 0 Å². The predicted molar refractivity (Wildman–Crippen MR) is 64.7 cm³/mol. The van der Waals surface area contributed by atoms with E-state index in [1.807, 2.05) is 6.07 Å². The second kappa shape index (κ2) is 7.25. The first-order chi connectivity index (χ1) is 8.27. The Hall–Kier alpha value is -2.06. The van der Waals surface area contributed by atoms with Gasteiger partial charge in [-0.05, 0) is 18.6 Å². The highest BCUT2D eigenvalue weighted by Gasteiger charge is 2.04. The van der Waals surface area contributed by atoms with Gasteiger partial charge in [0.15, 0.2) is 0 Å². The van der Waals surface area contributed by atoms with E-state index in [1.165, 1.54) is 0 Å². The Morgan fingerprint density at radius 3 is 2.94 bits per heavy atom. The molecule has 0 aliphatic heterocycles. The molecule has 1 aromatic carbocycles. The fourth-order valence-electron chi connectivity index (χ4n) is 1.27. The maximum Gasteiger partial charge on any atom is 0.319 e. The Labute approximate surface area is 100 Å². The van der Waals surface area contributed by atoms with Gasteiger partial charge in [-0.25, -0.2) is 4.79 Å². The van der Waals surface area contributed by atoms with E-state index in [1.54, 1.807) is 31.4 Å². The van der Waals surface area contributed by atoms with Crippen molar-refractivity contribution in [2.24, 2.45) is 0 Å². The zero-order valence-electron chi connectivity index (χ0n) is 9.69. The molecule has 2 amide bonds. The van der Waals surface area contributed by atoms with Crippen LogP contribution in [-0.4, -0.2) is 26.3 Å². The minimum atomic E-state index is -0.316. The largest absolute Gasteiger partial charge is 0.385 e. The molecule has 2 N–H and O–H groups in total. The summed E-state index contributed by atoms with van der Waals surface area (Å²) in [5.74, 6) is 0. The zero-order valence-corrected chi connectivity index (χ0v) is 9.69. The third-order valence-corrected chi connectivity index (χ3v) is 2.11. The molecule has 0 aliphatic carbocycles. The average Bonchev–Trinajstić information content (AvgIpc) is 2.35. The third kappa shape index (κ3) is 4.53. The summed E-state index contributed by atoms with van der Waals surface area (Å²) < 4.78 is 4.86. The first kappa shape index (κ1) is 13.0. The Kier molecular flexibility index (Phi) is 5.55. The molecule has 0 saturated heterocycles. The van der Waals surface area contributed by atoms with Crippen LogP contribution in [0, 0.1) is 11.3 Å². The van der Waals surface area contributed by atoms with Crippen LogP contribution >= 0.6 is 0 Å². The zero-order chi connectivity index (χ0) is 12.5. The molecule has 0 heterocycles. The number of nitriles is 1. The first-order valence-electron chi connectivity index (χ1n) is 5.31. The number of nitrogens with zero attached hydrogens (tertiary/aromatic N) is 1. The number of anilines is 1. The number of hydrogen-bond donors (Lipinski definition) is 2. The van der Waals surface area contributed by atoms with Crippen molar-refractivity contribution < 1.29 is 9.53 Å². The minimum Gasteiger partial charge on any atom is -0.385 e. The van der Waals surface area contributed by atoms with Gasteiger partial charge in [0.1, 0.15) is 6.07 Å². The molecule has 1 rings (SSSR count). The van der Waals surface area contributed by atoms with Crippen molar-refractivity contribution in [3.8, 4) is 6.07 Å². The molecule has 1 aromatic rings. The molecule has 90 valence electrons. The van der Waals surface area contributed by atoms with Gasteiger partial charge >= 0.3 is 6.03 Å². The van der Waals surface area contributed by atoms with Crippen molar-refractivity contribution in [2.45, 2.75) is 6.42 Å². The molecule has 0 aliphatic rings. The maximum absolute atomic E-state index is 11.5. The molecule has 0 radical (unpaired) electrons. The lowest BCUT2D eigenvalue weighted by atomic mass is 10.2. The molecule has 0 atom stereocenters. The predicted octanol–water partition coefficient (Wildman–Crippen LogP) is 1.72. The van der Waals surface area contributed by atoms with E-state index in [-0.39, 0.29) is 6.03 Å². The third-order valence-electron chi connectivity index (χ3n) is 2.11. The molecule has 17 heavy (non-hydrogen) atoms. The number of amides is 2. The summed E-state index contributed by atoms with van der Waals surface area (Å²) in [6.07, 6.45) is 0.754.